The minimum Gasteiger partial charge on any atom is -0.159 e. The maximum absolute atomic E-state index is 5.26. The molecule has 2 heteroatoms. The Morgan fingerprint density at radius 2 is 1.47 bits per heavy atom. The Labute approximate surface area is 106 Å². The van der Waals surface area contributed by atoms with E-state index in [0.29, 0.717) is 0 Å². The van der Waals surface area contributed by atoms with E-state index >= 15 is 0 Å². The molecule has 0 aromatic carbocycles. The summed E-state index contributed by atoms with van der Waals surface area (Å²) in [7, 11) is 0. The summed E-state index contributed by atoms with van der Waals surface area (Å²) in [6.45, 7) is 2.26. The van der Waals surface area contributed by atoms with Gasteiger partial charge in [-0.05, 0) is 12.8 Å². The monoisotopic (exact) mass is 234 g/mol. The van der Waals surface area contributed by atoms with Gasteiger partial charge in [0, 0.05) is 12.8 Å². The van der Waals surface area contributed by atoms with Crippen LogP contribution in [0.5, 0.6) is 0 Å². The van der Waals surface area contributed by atoms with Gasteiger partial charge in [0.2, 0.25) is 0 Å². The van der Waals surface area contributed by atoms with Crippen LogP contribution < -0.4 is 0 Å². The van der Waals surface area contributed by atoms with Crippen LogP contribution in [0.3, 0.4) is 0 Å². The highest BCUT2D eigenvalue weighted by atomic mass is 15.4. The van der Waals surface area contributed by atoms with Crippen LogP contribution >= 0.6 is 0 Å². The molecule has 17 heavy (non-hydrogen) atoms. The summed E-state index contributed by atoms with van der Waals surface area (Å²) in [6, 6.07) is 0. The van der Waals surface area contributed by atoms with E-state index in [0.717, 1.165) is 19.3 Å². The van der Waals surface area contributed by atoms with E-state index in [4.69, 9.17) is 6.42 Å². The zero-order valence-electron chi connectivity index (χ0n) is 11.2. The third-order valence-corrected chi connectivity index (χ3v) is 3.48. The van der Waals surface area contributed by atoms with Crippen molar-refractivity contribution in [1.82, 2.24) is 0 Å². The van der Waals surface area contributed by atoms with Gasteiger partial charge in [-0.2, -0.15) is 10.2 Å². The molecular formula is C15H26N2. The predicted octanol–water partition coefficient (Wildman–Crippen LogP) is 5.09. The summed E-state index contributed by atoms with van der Waals surface area (Å²) in [5.41, 5.74) is -0.0470. The molecule has 1 rings (SSSR count). The standard InChI is InChI=1S/C15H26N2/c1-3-5-7-8-9-10-11-12-14-15(16-17-15)13-6-4-2/h2H,3,5-14H2,1H3. The van der Waals surface area contributed by atoms with E-state index in [-0.39, 0.29) is 5.66 Å². The van der Waals surface area contributed by atoms with E-state index in [1.165, 1.54) is 51.4 Å². The molecule has 2 nitrogen and oxygen atoms in total. The Morgan fingerprint density at radius 1 is 0.882 bits per heavy atom. The Bertz CT molecular complexity index is 257. The summed E-state index contributed by atoms with van der Waals surface area (Å²) in [4.78, 5) is 0. The van der Waals surface area contributed by atoms with Gasteiger partial charge in [0.25, 0.3) is 0 Å². The minimum absolute atomic E-state index is 0.0470. The van der Waals surface area contributed by atoms with Crippen LogP contribution in [0, 0.1) is 12.3 Å². The van der Waals surface area contributed by atoms with Crippen LogP contribution in [0.15, 0.2) is 10.2 Å². The molecule has 0 atom stereocenters. The molecule has 0 N–H and O–H groups in total. The molecule has 0 bridgehead atoms. The van der Waals surface area contributed by atoms with E-state index in [2.05, 4.69) is 23.1 Å². The molecule has 1 aliphatic heterocycles. The second-order valence-electron chi connectivity index (χ2n) is 5.11. The largest absolute Gasteiger partial charge is 0.191 e. The van der Waals surface area contributed by atoms with Gasteiger partial charge in [-0.15, -0.1) is 12.3 Å². The van der Waals surface area contributed by atoms with Gasteiger partial charge in [0.05, 0.1) is 0 Å². The van der Waals surface area contributed by atoms with Crippen molar-refractivity contribution < 1.29 is 0 Å². The Morgan fingerprint density at radius 3 is 2.00 bits per heavy atom. The molecule has 96 valence electrons. The van der Waals surface area contributed by atoms with Crippen LogP contribution in [0.4, 0.5) is 0 Å². The molecule has 1 heterocycles. The van der Waals surface area contributed by atoms with Gasteiger partial charge in [-0.3, -0.25) is 0 Å². The number of hydrogen-bond acceptors (Lipinski definition) is 2. The molecule has 0 saturated heterocycles. The highest BCUT2D eigenvalue weighted by Crippen LogP contribution is 2.38. The number of rotatable bonds is 11. The molecule has 0 saturated carbocycles. The maximum Gasteiger partial charge on any atom is 0.191 e. The Balaban J connectivity index is 1.86. The first-order valence-corrected chi connectivity index (χ1v) is 7.20. The Kier molecular flexibility index (Phi) is 6.93. The molecular weight excluding hydrogens is 208 g/mol. The van der Waals surface area contributed by atoms with Crippen molar-refractivity contribution in [3.05, 3.63) is 0 Å². The number of terminal acetylenes is 1. The first kappa shape index (κ1) is 14.2. The molecule has 0 spiro atoms. The van der Waals surface area contributed by atoms with Crippen LogP contribution in [0.2, 0.25) is 0 Å². The lowest BCUT2D eigenvalue weighted by atomic mass is 9.99. The number of nitrogens with zero attached hydrogens (tertiary/aromatic N) is 2. The molecule has 0 amide bonds. The topological polar surface area (TPSA) is 24.7 Å². The Hall–Kier alpha value is -0.840. The third-order valence-electron chi connectivity index (χ3n) is 3.48. The summed E-state index contributed by atoms with van der Waals surface area (Å²) >= 11 is 0. The zero-order chi connectivity index (χ0) is 12.4. The molecule has 0 unspecified atom stereocenters. The summed E-state index contributed by atoms with van der Waals surface area (Å²) in [5.74, 6) is 2.67. The average molecular weight is 234 g/mol. The lowest BCUT2D eigenvalue weighted by Gasteiger charge is -2.08. The van der Waals surface area contributed by atoms with Crippen molar-refractivity contribution in [3.8, 4) is 12.3 Å². The van der Waals surface area contributed by atoms with Crippen molar-refractivity contribution in [2.45, 2.75) is 83.2 Å². The highest BCUT2D eigenvalue weighted by molar-refractivity contribution is 4.97. The van der Waals surface area contributed by atoms with Gasteiger partial charge >= 0.3 is 0 Å². The van der Waals surface area contributed by atoms with Crippen LogP contribution in [-0.4, -0.2) is 5.66 Å². The van der Waals surface area contributed by atoms with Crippen molar-refractivity contribution in [3.63, 3.8) is 0 Å². The fraction of sp³-hybridized carbons (Fsp3) is 0.867. The molecule has 0 fully saturated rings. The van der Waals surface area contributed by atoms with Gasteiger partial charge in [-0.25, -0.2) is 0 Å². The molecule has 1 aliphatic rings. The maximum atomic E-state index is 5.26. The first-order chi connectivity index (χ1) is 8.33. The van der Waals surface area contributed by atoms with Crippen molar-refractivity contribution in [1.29, 1.82) is 0 Å². The van der Waals surface area contributed by atoms with Crippen molar-refractivity contribution >= 4 is 0 Å². The normalized spacial score (nSPS) is 15.8. The van der Waals surface area contributed by atoms with Crippen LogP contribution in [0.25, 0.3) is 0 Å². The fourth-order valence-electron chi connectivity index (χ4n) is 2.21. The first-order valence-electron chi connectivity index (χ1n) is 7.20. The van der Waals surface area contributed by atoms with Gasteiger partial charge in [0.15, 0.2) is 5.66 Å². The lowest BCUT2D eigenvalue weighted by Crippen LogP contribution is -2.09. The lowest BCUT2D eigenvalue weighted by molar-refractivity contribution is 0.470. The average Bonchev–Trinajstić information content (AvgIpc) is 3.11. The zero-order valence-corrected chi connectivity index (χ0v) is 11.2. The van der Waals surface area contributed by atoms with Crippen LogP contribution in [-0.2, 0) is 0 Å². The minimum atomic E-state index is -0.0470. The molecule has 0 aromatic rings. The van der Waals surface area contributed by atoms with E-state index < -0.39 is 0 Å². The quantitative estimate of drug-likeness (QED) is 0.351. The second-order valence-corrected chi connectivity index (χ2v) is 5.11. The van der Waals surface area contributed by atoms with E-state index in [1.54, 1.807) is 0 Å². The van der Waals surface area contributed by atoms with E-state index in [9.17, 15) is 0 Å². The summed E-state index contributed by atoms with van der Waals surface area (Å²) in [5, 5.41) is 8.32. The van der Waals surface area contributed by atoms with Crippen molar-refractivity contribution in [2.75, 3.05) is 0 Å². The summed E-state index contributed by atoms with van der Waals surface area (Å²) in [6.07, 6.45) is 19.0. The SMILES string of the molecule is C#CCCC1(CCCCCCCCCC)N=N1. The van der Waals surface area contributed by atoms with Gasteiger partial charge < -0.3 is 0 Å². The molecule has 0 aliphatic carbocycles. The van der Waals surface area contributed by atoms with Gasteiger partial charge in [0.1, 0.15) is 0 Å². The predicted molar refractivity (Wildman–Crippen MR) is 72.9 cm³/mol. The smallest absolute Gasteiger partial charge is 0.159 e. The van der Waals surface area contributed by atoms with Crippen molar-refractivity contribution in [2.24, 2.45) is 10.2 Å². The second kappa shape index (κ2) is 8.28. The number of unbranched alkanes of at least 4 members (excludes halogenated alkanes) is 7. The summed E-state index contributed by atoms with van der Waals surface area (Å²) < 4.78 is 0. The molecule has 0 aromatic heterocycles. The van der Waals surface area contributed by atoms with E-state index in [1.807, 2.05) is 0 Å². The van der Waals surface area contributed by atoms with Crippen LogP contribution in [0.1, 0.15) is 77.6 Å². The number of hydrogen-bond donors (Lipinski definition) is 0. The molecule has 0 radical (unpaired) electrons. The highest BCUT2D eigenvalue weighted by Gasteiger charge is 2.38. The third kappa shape index (κ3) is 6.46. The fourth-order valence-corrected chi connectivity index (χ4v) is 2.21. The van der Waals surface area contributed by atoms with Gasteiger partial charge in [-0.1, -0.05) is 51.9 Å².